The fourth-order valence-electron chi connectivity index (χ4n) is 6.64. The number of rotatable bonds is 8. The lowest BCUT2D eigenvalue weighted by Gasteiger charge is -2.59. The minimum absolute atomic E-state index is 0.0907. The molecule has 1 amide bonds. The van der Waals surface area contributed by atoms with Gasteiger partial charge in [0.2, 0.25) is 5.91 Å². The highest BCUT2D eigenvalue weighted by molar-refractivity contribution is 5.91. The Bertz CT molecular complexity index is 808. The summed E-state index contributed by atoms with van der Waals surface area (Å²) in [5.74, 6) is 2.06. The Morgan fingerprint density at radius 1 is 1.16 bits per heavy atom. The molecule has 6 atom stereocenters. The molecule has 170 valence electrons. The van der Waals surface area contributed by atoms with Crippen LogP contribution in [0, 0.1) is 29.6 Å². The van der Waals surface area contributed by atoms with Crippen molar-refractivity contribution in [2.24, 2.45) is 29.6 Å². The van der Waals surface area contributed by atoms with Crippen molar-refractivity contribution in [1.29, 1.82) is 0 Å². The third-order valence-electron chi connectivity index (χ3n) is 7.67. The number of hydrogen-bond acceptors (Lipinski definition) is 4. The predicted octanol–water partition coefficient (Wildman–Crippen LogP) is 2.89. The van der Waals surface area contributed by atoms with Crippen LogP contribution in [0.25, 0.3) is 0 Å². The van der Waals surface area contributed by atoms with Gasteiger partial charge < -0.3 is 5.32 Å². The fraction of sp³-hybridized carbons (Fsp3) is 0.692. The zero-order chi connectivity index (χ0) is 22.3. The number of carbonyl (C=O) groups excluding carboxylic acids is 2. The summed E-state index contributed by atoms with van der Waals surface area (Å²) in [4.78, 5) is 29.1. The van der Waals surface area contributed by atoms with Crippen molar-refractivity contribution < 1.29 is 9.59 Å². The summed E-state index contributed by atoms with van der Waals surface area (Å²) >= 11 is 0. The normalized spacial score (nSPS) is 34.5. The maximum Gasteiger partial charge on any atom is 0.240 e. The number of nitrogens with zero attached hydrogens (tertiary/aromatic N) is 1. The lowest BCUT2D eigenvalue weighted by atomic mass is 9.55. The molecule has 31 heavy (non-hydrogen) atoms. The summed E-state index contributed by atoms with van der Waals surface area (Å²) < 4.78 is 0. The number of benzene rings is 1. The van der Waals surface area contributed by atoms with E-state index in [1.54, 1.807) is 6.92 Å². The van der Waals surface area contributed by atoms with E-state index in [4.69, 9.17) is 0 Å². The second-order valence-corrected chi connectivity index (χ2v) is 11.0. The first kappa shape index (κ1) is 22.5. The molecule has 3 aliphatic heterocycles. The molecule has 4 bridgehead atoms. The molecule has 1 unspecified atom stereocenters. The molecule has 0 spiro atoms. The standard InChI is InChI=1S/C26H39N3O2/c1-16(2)13-27-25(31)26-12-20-15-29(14-17(3)4)24(22(20)23(28-26)18(5)30)21(26)11-19-9-7-6-8-10-19/h6-10,16-17,20-24,28H,11-15H2,1-5H3,(H,27,31)/t20-,21-,22+,23?,24-,26+/m1/s1. The molecule has 5 rings (SSSR count). The molecule has 1 aliphatic carbocycles. The van der Waals surface area contributed by atoms with E-state index in [9.17, 15) is 9.59 Å². The summed E-state index contributed by atoms with van der Waals surface area (Å²) in [6, 6.07) is 10.6. The molecular formula is C26H39N3O2. The second-order valence-electron chi connectivity index (χ2n) is 11.0. The van der Waals surface area contributed by atoms with Crippen LogP contribution in [0.5, 0.6) is 0 Å². The molecule has 2 N–H and O–H groups in total. The van der Waals surface area contributed by atoms with Gasteiger partial charge in [-0.25, -0.2) is 0 Å². The minimum atomic E-state index is -0.684. The monoisotopic (exact) mass is 425 g/mol. The number of hydrogen-bond donors (Lipinski definition) is 2. The van der Waals surface area contributed by atoms with Gasteiger partial charge >= 0.3 is 0 Å². The second kappa shape index (κ2) is 8.67. The number of carbonyl (C=O) groups is 2. The highest BCUT2D eigenvalue weighted by atomic mass is 16.2. The van der Waals surface area contributed by atoms with Gasteiger partial charge in [0.1, 0.15) is 11.3 Å². The average molecular weight is 426 g/mol. The van der Waals surface area contributed by atoms with Crippen molar-refractivity contribution >= 4 is 11.7 Å². The van der Waals surface area contributed by atoms with E-state index < -0.39 is 5.54 Å². The van der Waals surface area contributed by atoms with E-state index in [2.05, 4.69) is 67.5 Å². The summed E-state index contributed by atoms with van der Waals surface area (Å²) in [5.41, 5.74) is 0.585. The highest BCUT2D eigenvalue weighted by Crippen LogP contribution is 2.55. The van der Waals surface area contributed by atoms with Crippen molar-refractivity contribution in [3.05, 3.63) is 35.9 Å². The number of nitrogens with one attached hydrogen (secondary N) is 2. The molecule has 1 aromatic rings. The van der Waals surface area contributed by atoms with Gasteiger partial charge in [-0.2, -0.15) is 0 Å². The van der Waals surface area contributed by atoms with E-state index in [1.165, 1.54) is 5.56 Å². The number of amides is 1. The molecule has 5 nitrogen and oxygen atoms in total. The van der Waals surface area contributed by atoms with Gasteiger partial charge in [0.25, 0.3) is 0 Å². The van der Waals surface area contributed by atoms with E-state index in [0.717, 1.165) is 25.9 Å². The van der Waals surface area contributed by atoms with E-state index in [-0.39, 0.29) is 29.7 Å². The number of piperidine rings is 2. The maximum absolute atomic E-state index is 13.8. The summed E-state index contributed by atoms with van der Waals surface area (Å²) in [7, 11) is 0. The van der Waals surface area contributed by atoms with Crippen molar-refractivity contribution in [2.75, 3.05) is 19.6 Å². The Morgan fingerprint density at radius 2 is 1.87 bits per heavy atom. The Labute approximate surface area is 187 Å². The fourth-order valence-corrected chi connectivity index (χ4v) is 6.64. The quantitative estimate of drug-likeness (QED) is 0.672. The predicted molar refractivity (Wildman–Crippen MR) is 124 cm³/mol. The van der Waals surface area contributed by atoms with Crippen molar-refractivity contribution in [1.82, 2.24) is 15.5 Å². The van der Waals surface area contributed by atoms with Gasteiger partial charge in [0.15, 0.2) is 0 Å². The Hall–Kier alpha value is -1.72. The number of likely N-dealkylation sites (tertiary alicyclic amines) is 1. The van der Waals surface area contributed by atoms with Crippen molar-refractivity contribution in [3.63, 3.8) is 0 Å². The van der Waals surface area contributed by atoms with Gasteiger partial charge in [-0.3, -0.25) is 19.8 Å². The topological polar surface area (TPSA) is 61.4 Å². The summed E-state index contributed by atoms with van der Waals surface area (Å²) in [5, 5.41) is 6.88. The van der Waals surface area contributed by atoms with Crippen LogP contribution in [0.3, 0.4) is 0 Å². The Balaban J connectivity index is 1.75. The summed E-state index contributed by atoms with van der Waals surface area (Å²) in [6.07, 6.45) is 1.68. The number of Topliss-reactive ketones (excluding diaryl/α,β-unsaturated/α-hetero) is 1. The third kappa shape index (κ3) is 4.07. The van der Waals surface area contributed by atoms with Crippen LogP contribution in [0.1, 0.15) is 46.6 Å². The number of ketones is 1. The zero-order valence-electron chi connectivity index (χ0n) is 19.7. The molecule has 1 saturated carbocycles. The van der Waals surface area contributed by atoms with Crippen LogP contribution in [-0.2, 0) is 16.0 Å². The van der Waals surface area contributed by atoms with Gasteiger partial charge in [-0.15, -0.1) is 0 Å². The van der Waals surface area contributed by atoms with Crippen LogP contribution in [0.2, 0.25) is 0 Å². The van der Waals surface area contributed by atoms with E-state index in [1.807, 2.05) is 6.07 Å². The lowest BCUT2D eigenvalue weighted by Crippen LogP contribution is -2.78. The molecule has 1 aromatic carbocycles. The lowest BCUT2D eigenvalue weighted by molar-refractivity contribution is -0.146. The molecule has 0 radical (unpaired) electrons. The maximum atomic E-state index is 13.8. The van der Waals surface area contributed by atoms with Gasteiger partial charge in [-0.05, 0) is 43.1 Å². The highest BCUT2D eigenvalue weighted by Gasteiger charge is 2.68. The van der Waals surface area contributed by atoms with Crippen LogP contribution < -0.4 is 10.6 Å². The van der Waals surface area contributed by atoms with Crippen LogP contribution >= 0.6 is 0 Å². The molecule has 4 fully saturated rings. The summed E-state index contributed by atoms with van der Waals surface area (Å²) in [6.45, 7) is 13.2. The first-order chi connectivity index (χ1) is 14.7. The average Bonchev–Trinajstić information content (AvgIpc) is 3.01. The van der Waals surface area contributed by atoms with E-state index in [0.29, 0.717) is 30.2 Å². The van der Waals surface area contributed by atoms with Crippen molar-refractivity contribution in [2.45, 2.75) is 65.1 Å². The molecule has 3 saturated heterocycles. The Kier molecular flexibility index (Phi) is 6.28. The zero-order valence-corrected chi connectivity index (χ0v) is 19.7. The minimum Gasteiger partial charge on any atom is -0.354 e. The SMILES string of the molecule is CC(=O)C1N[C@@]2(C(=O)NCC(C)C)C[C@@H]3CN(CC(C)C)[C@@H]([C@H]13)[C@H]2Cc1ccccc1. The molecular weight excluding hydrogens is 386 g/mol. The molecule has 0 aromatic heterocycles. The Morgan fingerprint density at radius 3 is 2.48 bits per heavy atom. The van der Waals surface area contributed by atoms with Crippen molar-refractivity contribution in [3.8, 4) is 0 Å². The van der Waals surface area contributed by atoms with Gasteiger partial charge in [-0.1, -0.05) is 58.0 Å². The first-order valence-electron chi connectivity index (χ1n) is 12.1. The van der Waals surface area contributed by atoms with Gasteiger partial charge in [0.05, 0.1) is 6.04 Å². The van der Waals surface area contributed by atoms with Crippen LogP contribution in [-0.4, -0.2) is 53.8 Å². The largest absolute Gasteiger partial charge is 0.354 e. The van der Waals surface area contributed by atoms with Gasteiger partial charge in [0, 0.05) is 37.5 Å². The molecule has 4 aliphatic rings. The third-order valence-corrected chi connectivity index (χ3v) is 7.67. The smallest absolute Gasteiger partial charge is 0.240 e. The number of fused-ring (bicyclic) bond motifs is 1. The molecule has 3 heterocycles. The first-order valence-corrected chi connectivity index (χ1v) is 12.1. The van der Waals surface area contributed by atoms with E-state index >= 15 is 0 Å². The molecule has 5 heteroatoms. The van der Waals surface area contributed by atoms with Crippen LogP contribution in [0.4, 0.5) is 0 Å². The van der Waals surface area contributed by atoms with Crippen LogP contribution in [0.15, 0.2) is 30.3 Å².